The highest BCUT2D eigenvalue weighted by Gasteiger charge is 2.16. The Labute approximate surface area is 187 Å². The molecule has 160 valence electrons. The number of nitrogens with zero attached hydrogens (tertiary/aromatic N) is 3. The monoisotopic (exact) mass is 436 g/mol. The second kappa shape index (κ2) is 9.81. The number of carbonyl (C=O) groups excluding carboxylic acids is 1. The maximum Gasteiger partial charge on any atom is 0.257 e. The first kappa shape index (κ1) is 21.2. The Balaban J connectivity index is 1.37. The molecule has 3 aromatic rings. The van der Waals surface area contributed by atoms with Crippen LogP contribution in [0.15, 0.2) is 66.9 Å². The van der Waals surface area contributed by atoms with Gasteiger partial charge in [0.25, 0.3) is 5.91 Å². The number of anilines is 1. The molecule has 0 radical (unpaired) electrons. The van der Waals surface area contributed by atoms with Gasteiger partial charge in [-0.1, -0.05) is 23.7 Å². The molecule has 1 N–H and O–H groups in total. The molecule has 0 bridgehead atoms. The van der Waals surface area contributed by atoms with Gasteiger partial charge in [0.1, 0.15) is 11.3 Å². The number of benzene rings is 2. The van der Waals surface area contributed by atoms with Gasteiger partial charge in [-0.25, -0.2) is 4.98 Å². The Morgan fingerprint density at radius 1 is 1.03 bits per heavy atom. The fourth-order valence-electron chi connectivity index (χ4n) is 3.43. The fourth-order valence-corrected chi connectivity index (χ4v) is 3.55. The normalized spacial score (nSPS) is 14.3. The number of carbonyl (C=O) groups is 1. The number of piperazine rings is 1. The lowest BCUT2D eigenvalue weighted by Crippen LogP contribution is -2.44. The van der Waals surface area contributed by atoms with Crippen LogP contribution in [0.25, 0.3) is 0 Å². The molecule has 0 unspecified atom stereocenters. The van der Waals surface area contributed by atoms with Gasteiger partial charge in [0, 0.05) is 49.6 Å². The third-order valence-electron chi connectivity index (χ3n) is 5.30. The van der Waals surface area contributed by atoms with Crippen molar-refractivity contribution in [3.05, 3.63) is 83.0 Å². The Morgan fingerprint density at radius 3 is 2.45 bits per heavy atom. The third-order valence-corrected chi connectivity index (χ3v) is 5.55. The molecular weight excluding hydrogens is 412 g/mol. The van der Waals surface area contributed by atoms with Gasteiger partial charge in [-0.3, -0.25) is 4.79 Å². The molecule has 1 fully saturated rings. The molecule has 2 aromatic carbocycles. The minimum atomic E-state index is -0.236. The predicted molar refractivity (Wildman–Crippen MR) is 123 cm³/mol. The molecule has 1 saturated heterocycles. The average Bonchev–Trinajstić information content (AvgIpc) is 2.80. The molecule has 4 rings (SSSR count). The van der Waals surface area contributed by atoms with Crippen LogP contribution in [0.5, 0.6) is 11.6 Å². The van der Waals surface area contributed by atoms with Gasteiger partial charge in [-0.2, -0.15) is 0 Å². The van der Waals surface area contributed by atoms with Crippen molar-refractivity contribution in [3.8, 4) is 11.6 Å². The van der Waals surface area contributed by atoms with E-state index < -0.39 is 0 Å². The van der Waals surface area contributed by atoms with Gasteiger partial charge in [-0.15, -0.1) is 0 Å². The highest BCUT2D eigenvalue weighted by atomic mass is 35.5. The molecule has 1 aliphatic rings. The molecule has 0 aliphatic carbocycles. The van der Waals surface area contributed by atoms with Gasteiger partial charge in [0.05, 0.1) is 0 Å². The van der Waals surface area contributed by atoms with Crippen LogP contribution < -0.4 is 15.0 Å². The summed E-state index contributed by atoms with van der Waals surface area (Å²) >= 11 is 5.92. The molecule has 31 heavy (non-hydrogen) atoms. The molecule has 0 saturated carbocycles. The van der Waals surface area contributed by atoms with E-state index in [-0.39, 0.29) is 11.8 Å². The summed E-state index contributed by atoms with van der Waals surface area (Å²) in [4.78, 5) is 21.7. The standard InChI is InChI=1S/C24H25ClN4O2/c1-28-13-15-29(16-14-28)20-8-4-18(5-9-20)17-27-23(30)22-3-2-12-26-24(22)31-21-10-6-19(25)7-11-21/h2-12H,13-17H2,1H3,(H,27,30). The van der Waals surface area contributed by atoms with E-state index in [0.29, 0.717) is 22.9 Å². The van der Waals surface area contributed by atoms with Gasteiger partial charge < -0.3 is 19.9 Å². The molecule has 1 amide bonds. The van der Waals surface area contributed by atoms with Crippen molar-refractivity contribution in [2.24, 2.45) is 0 Å². The molecule has 0 spiro atoms. The van der Waals surface area contributed by atoms with E-state index >= 15 is 0 Å². The van der Waals surface area contributed by atoms with E-state index in [4.69, 9.17) is 16.3 Å². The SMILES string of the molecule is CN1CCN(c2ccc(CNC(=O)c3cccnc3Oc3ccc(Cl)cc3)cc2)CC1. The van der Waals surface area contributed by atoms with Crippen molar-refractivity contribution < 1.29 is 9.53 Å². The molecule has 1 aliphatic heterocycles. The summed E-state index contributed by atoms with van der Waals surface area (Å²) in [6, 6.07) is 18.7. The lowest BCUT2D eigenvalue weighted by Gasteiger charge is -2.34. The zero-order chi connectivity index (χ0) is 21.6. The van der Waals surface area contributed by atoms with Crippen molar-refractivity contribution >= 4 is 23.2 Å². The zero-order valence-electron chi connectivity index (χ0n) is 17.4. The Hall–Kier alpha value is -3.09. The number of nitrogens with one attached hydrogen (secondary N) is 1. The van der Waals surface area contributed by atoms with Gasteiger partial charge in [0.15, 0.2) is 0 Å². The Morgan fingerprint density at radius 2 is 1.74 bits per heavy atom. The van der Waals surface area contributed by atoms with Crippen molar-refractivity contribution in [2.45, 2.75) is 6.54 Å². The lowest BCUT2D eigenvalue weighted by atomic mass is 10.1. The Kier molecular flexibility index (Phi) is 6.70. The largest absolute Gasteiger partial charge is 0.438 e. The number of rotatable bonds is 6. The molecule has 0 atom stereocenters. The summed E-state index contributed by atoms with van der Waals surface area (Å²) in [6.07, 6.45) is 1.60. The molecule has 6 nitrogen and oxygen atoms in total. The van der Waals surface area contributed by atoms with Crippen LogP contribution in [-0.2, 0) is 6.54 Å². The highest BCUT2D eigenvalue weighted by Crippen LogP contribution is 2.24. The smallest absolute Gasteiger partial charge is 0.257 e. The maximum absolute atomic E-state index is 12.8. The van der Waals surface area contributed by atoms with Crippen molar-refractivity contribution in [1.29, 1.82) is 0 Å². The van der Waals surface area contributed by atoms with Crippen LogP contribution in [0.1, 0.15) is 15.9 Å². The number of pyridine rings is 1. The quantitative estimate of drug-likeness (QED) is 0.627. The van der Waals surface area contributed by atoms with E-state index in [0.717, 1.165) is 31.7 Å². The summed E-state index contributed by atoms with van der Waals surface area (Å²) in [5, 5.41) is 3.57. The van der Waals surface area contributed by atoms with Crippen LogP contribution in [0.4, 0.5) is 5.69 Å². The van der Waals surface area contributed by atoms with Gasteiger partial charge in [0.2, 0.25) is 5.88 Å². The first-order valence-corrected chi connectivity index (χ1v) is 10.7. The van der Waals surface area contributed by atoms with Crippen LogP contribution in [-0.4, -0.2) is 49.0 Å². The van der Waals surface area contributed by atoms with E-state index in [2.05, 4.69) is 51.4 Å². The average molecular weight is 437 g/mol. The first-order chi connectivity index (χ1) is 15.1. The predicted octanol–water partition coefficient (Wildman–Crippen LogP) is 4.21. The van der Waals surface area contributed by atoms with Crippen LogP contribution >= 0.6 is 11.6 Å². The van der Waals surface area contributed by atoms with Crippen LogP contribution in [0, 0.1) is 0 Å². The van der Waals surface area contributed by atoms with Crippen molar-refractivity contribution in [2.75, 3.05) is 38.1 Å². The zero-order valence-corrected chi connectivity index (χ0v) is 18.2. The van der Waals surface area contributed by atoms with Crippen molar-refractivity contribution in [3.63, 3.8) is 0 Å². The van der Waals surface area contributed by atoms with Crippen molar-refractivity contribution in [1.82, 2.24) is 15.2 Å². The lowest BCUT2D eigenvalue weighted by molar-refractivity contribution is 0.0948. The number of halogens is 1. The number of aromatic nitrogens is 1. The summed E-state index contributed by atoms with van der Waals surface area (Å²) < 4.78 is 5.79. The molecule has 7 heteroatoms. The number of hydrogen-bond donors (Lipinski definition) is 1. The molecule has 1 aromatic heterocycles. The molecule has 2 heterocycles. The van der Waals surface area contributed by atoms with Gasteiger partial charge >= 0.3 is 0 Å². The van der Waals surface area contributed by atoms with E-state index in [9.17, 15) is 4.79 Å². The topological polar surface area (TPSA) is 57.7 Å². The van der Waals surface area contributed by atoms with Gasteiger partial charge in [-0.05, 0) is 61.1 Å². The minimum Gasteiger partial charge on any atom is -0.438 e. The molecular formula is C24H25ClN4O2. The minimum absolute atomic E-state index is 0.236. The summed E-state index contributed by atoms with van der Waals surface area (Å²) in [7, 11) is 2.15. The number of ether oxygens (including phenoxy) is 1. The first-order valence-electron chi connectivity index (χ1n) is 10.3. The van der Waals surface area contributed by atoms with E-state index in [1.807, 2.05) is 0 Å². The summed E-state index contributed by atoms with van der Waals surface area (Å²) in [5.41, 5.74) is 2.64. The Bertz CT molecular complexity index is 1020. The van der Waals surface area contributed by atoms with Crippen LogP contribution in [0.3, 0.4) is 0 Å². The fraction of sp³-hybridized carbons (Fsp3) is 0.250. The number of hydrogen-bond acceptors (Lipinski definition) is 5. The summed E-state index contributed by atoms with van der Waals surface area (Å²) in [6.45, 7) is 4.64. The maximum atomic E-state index is 12.8. The summed E-state index contributed by atoms with van der Waals surface area (Å²) in [5.74, 6) is 0.588. The second-order valence-electron chi connectivity index (χ2n) is 7.55. The second-order valence-corrected chi connectivity index (χ2v) is 7.99. The number of likely N-dealkylation sites (N-methyl/N-ethyl adjacent to an activating group) is 1. The highest BCUT2D eigenvalue weighted by molar-refractivity contribution is 6.30. The van der Waals surface area contributed by atoms with E-state index in [1.54, 1.807) is 42.6 Å². The van der Waals surface area contributed by atoms with Crippen LogP contribution in [0.2, 0.25) is 5.02 Å². The van der Waals surface area contributed by atoms with E-state index in [1.165, 1.54) is 5.69 Å². The number of amides is 1. The third kappa shape index (κ3) is 5.54.